The number of amides is 1. The molecule has 5 rings (SSSR count). The highest BCUT2D eigenvalue weighted by molar-refractivity contribution is 6.00. The fourth-order valence-corrected chi connectivity index (χ4v) is 4.81. The molecule has 3 aromatic rings. The Morgan fingerprint density at radius 2 is 1.61 bits per heavy atom. The number of aliphatic hydroxyl groups is 2. The third kappa shape index (κ3) is 4.03. The Labute approximate surface area is 191 Å². The molecular weight excluding hydrogens is 418 g/mol. The lowest BCUT2D eigenvalue weighted by Crippen LogP contribution is -2.36. The number of ketones is 1. The molecule has 168 valence electrons. The number of nitrogens with one attached hydrogen (secondary N) is 1. The largest absolute Gasteiger partial charge is 0.449 e. The molecule has 2 unspecified atom stereocenters. The summed E-state index contributed by atoms with van der Waals surface area (Å²) >= 11 is 0. The standard InChI is InChI=1S/C27H25NO5/c29-24-12-11-16-9-10-17(13-22(16)24)26(31)25(30)14-28-27(32)33-15-23-20-7-3-1-5-18(20)19-6-2-4-8-21(19)23/h1-10,13,23,25-26,30-31H,11-12,14-15H2,(H,28,32). The van der Waals surface area contributed by atoms with Gasteiger partial charge in [0.25, 0.3) is 0 Å². The van der Waals surface area contributed by atoms with Crippen LogP contribution in [0, 0.1) is 0 Å². The lowest BCUT2D eigenvalue weighted by molar-refractivity contribution is 0.0185. The minimum atomic E-state index is -1.24. The second-order valence-electron chi connectivity index (χ2n) is 8.56. The van der Waals surface area contributed by atoms with Crippen molar-refractivity contribution in [2.45, 2.75) is 31.0 Å². The molecule has 6 nitrogen and oxygen atoms in total. The van der Waals surface area contributed by atoms with Gasteiger partial charge in [0.05, 0.1) is 0 Å². The van der Waals surface area contributed by atoms with Gasteiger partial charge in [-0.2, -0.15) is 0 Å². The van der Waals surface area contributed by atoms with Crippen LogP contribution in [0.15, 0.2) is 66.7 Å². The van der Waals surface area contributed by atoms with Crippen LogP contribution in [0.1, 0.15) is 51.1 Å². The predicted octanol–water partition coefficient (Wildman–Crippen LogP) is 3.75. The Bertz CT molecular complexity index is 1180. The fraction of sp³-hybridized carbons (Fsp3) is 0.259. The molecule has 0 saturated carbocycles. The van der Waals surface area contributed by atoms with E-state index in [1.54, 1.807) is 12.1 Å². The number of alkyl carbamates (subject to hydrolysis) is 1. The summed E-state index contributed by atoms with van der Waals surface area (Å²) in [4.78, 5) is 24.3. The number of fused-ring (bicyclic) bond motifs is 4. The topological polar surface area (TPSA) is 95.9 Å². The van der Waals surface area contributed by atoms with E-state index in [-0.39, 0.29) is 24.9 Å². The SMILES string of the molecule is O=C(NCC(O)C(O)c1ccc2c(c1)C(=O)CC2)OCC1c2ccccc2-c2ccccc21. The van der Waals surface area contributed by atoms with Gasteiger partial charge in [0.15, 0.2) is 5.78 Å². The van der Waals surface area contributed by atoms with Crippen molar-refractivity contribution < 1.29 is 24.5 Å². The molecule has 3 aromatic carbocycles. The molecule has 2 aliphatic rings. The van der Waals surface area contributed by atoms with E-state index in [1.165, 1.54) is 0 Å². The molecule has 0 aliphatic heterocycles. The zero-order valence-electron chi connectivity index (χ0n) is 18.0. The Morgan fingerprint density at radius 1 is 0.939 bits per heavy atom. The maximum absolute atomic E-state index is 12.3. The first-order valence-electron chi connectivity index (χ1n) is 11.1. The number of aryl methyl sites for hydroxylation is 1. The van der Waals surface area contributed by atoms with Gasteiger partial charge in [-0.05, 0) is 45.9 Å². The maximum Gasteiger partial charge on any atom is 0.407 e. The quantitative estimate of drug-likeness (QED) is 0.539. The molecule has 2 atom stereocenters. The van der Waals surface area contributed by atoms with E-state index in [4.69, 9.17) is 4.74 Å². The molecule has 0 bridgehead atoms. The van der Waals surface area contributed by atoms with Gasteiger partial charge in [-0.15, -0.1) is 0 Å². The van der Waals surface area contributed by atoms with E-state index in [1.807, 2.05) is 42.5 Å². The molecule has 0 saturated heterocycles. The number of rotatable bonds is 6. The molecule has 0 fully saturated rings. The predicted molar refractivity (Wildman–Crippen MR) is 123 cm³/mol. The van der Waals surface area contributed by atoms with Crippen molar-refractivity contribution in [1.29, 1.82) is 0 Å². The van der Waals surface area contributed by atoms with Gasteiger partial charge in [-0.25, -0.2) is 4.79 Å². The van der Waals surface area contributed by atoms with E-state index in [2.05, 4.69) is 17.4 Å². The number of aliphatic hydroxyl groups excluding tert-OH is 2. The third-order valence-electron chi connectivity index (χ3n) is 6.56. The van der Waals surface area contributed by atoms with Crippen LogP contribution in [0.25, 0.3) is 11.1 Å². The van der Waals surface area contributed by atoms with Crippen LogP contribution in [0.3, 0.4) is 0 Å². The van der Waals surface area contributed by atoms with Crippen LogP contribution in [-0.4, -0.2) is 41.3 Å². The number of carbonyl (C=O) groups excluding carboxylic acids is 2. The van der Waals surface area contributed by atoms with Crippen molar-refractivity contribution in [1.82, 2.24) is 5.32 Å². The number of benzene rings is 3. The van der Waals surface area contributed by atoms with Gasteiger partial charge in [0, 0.05) is 24.4 Å². The van der Waals surface area contributed by atoms with Crippen LogP contribution in [0.5, 0.6) is 0 Å². The number of hydrogen-bond donors (Lipinski definition) is 3. The zero-order chi connectivity index (χ0) is 22.9. The second kappa shape index (κ2) is 8.81. The first-order valence-corrected chi connectivity index (χ1v) is 11.1. The summed E-state index contributed by atoms with van der Waals surface area (Å²) in [5.41, 5.74) is 6.54. The zero-order valence-corrected chi connectivity index (χ0v) is 18.0. The molecule has 6 heteroatoms. The van der Waals surface area contributed by atoms with Crippen LogP contribution < -0.4 is 5.32 Å². The summed E-state index contributed by atoms with van der Waals surface area (Å²) in [5, 5.41) is 23.4. The summed E-state index contributed by atoms with van der Waals surface area (Å²) in [6, 6.07) is 21.3. The van der Waals surface area contributed by atoms with E-state index in [0.717, 1.165) is 27.8 Å². The van der Waals surface area contributed by atoms with Crippen molar-refractivity contribution in [3.8, 4) is 11.1 Å². The molecule has 2 aliphatic carbocycles. The first-order chi connectivity index (χ1) is 16.0. The number of Topliss-reactive ketones (excluding diaryl/α,β-unsaturated/α-hetero) is 1. The smallest absolute Gasteiger partial charge is 0.407 e. The lowest BCUT2D eigenvalue weighted by Gasteiger charge is -2.20. The molecule has 0 spiro atoms. The van der Waals surface area contributed by atoms with Crippen LogP contribution in [-0.2, 0) is 11.2 Å². The Hall–Kier alpha value is -3.48. The van der Waals surface area contributed by atoms with Gasteiger partial charge < -0.3 is 20.3 Å². The van der Waals surface area contributed by atoms with Crippen LogP contribution >= 0.6 is 0 Å². The Morgan fingerprint density at radius 3 is 2.30 bits per heavy atom. The summed E-state index contributed by atoms with van der Waals surface area (Å²) in [6.45, 7) is -0.00564. The van der Waals surface area contributed by atoms with E-state index in [9.17, 15) is 19.8 Å². The summed E-state index contributed by atoms with van der Waals surface area (Å²) < 4.78 is 5.46. The highest BCUT2D eigenvalue weighted by Gasteiger charge is 2.29. The highest BCUT2D eigenvalue weighted by atomic mass is 16.5. The van der Waals surface area contributed by atoms with Crippen molar-refractivity contribution in [3.63, 3.8) is 0 Å². The Balaban J connectivity index is 1.18. The van der Waals surface area contributed by atoms with Crippen LogP contribution in [0.4, 0.5) is 4.79 Å². The van der Waals surface area contributed by atoms with Crippen LogP contribution in [0.2, 0.25) is 0 Å². The minimum absolute atomic E-state index is 0.0466. The average molecular weight is 443 g/mol. The maximum atomic E-state index is 12.3. The van der Waals surface area contributed by atoms with E-state index in [0.29, 0.717) is 24.0 Å². The summed E-state index contributed by atoms with van der Waals surface area (Å²) in [5.74, 6) is -0.00656. The summed E-state index contributed by atoms with van der Waals surface area (Å²) in [7, 11) is 0. The monoisotopic (exact) mass is 443 g/mol. The molecule has 0 radical (unpaired) electrons. The molecule has 0 heterocycles. The van der Waals surface area contributed by atoms with Crippen molar-refractivity contribution in [2.75, 3.05) is 13.2 Å². The van der Waals surface area contributed by atoms with Gasteiger partial charge in [0.2, 0.25) is 0 Å². The van der Waals surface area contributed by atoms with Crippen molar-refractivity contribution >= 4 is 11.9 Å². The van der Waals surface area contributed by atoms with Crippen molar-refractivity contribution in [2.24, 2.45) is 0 Å². The number of ether oxygens (including phenoxy) is 1. The van der Waals surface area contributed by atoms with Crippen molar-refractivity contribution in [3.05, 3.63) is 94.5 Å². The van der Waals surface area contributed by atoms with E-state index >= 15 is 0 Å². The van der Waals surface area contributed by atoms with Gasteiger partial charge in [0.1, 0.15) is 18.8 Å². The highest BCUT2D eigenvalue weighted by Crippen LogP contribution is 2.44. The lowest BCUT2D eigenvalue weighted by atomic mass is 9.98. The average Bonchev–Trinajstić information content (AvgIpc) is 3.38. The molecular formula is C27H25NO5. The first kappa shape index (κ1) is 21.4. The minimum Gasteiger partial charge on any atom is -0.449 e. The van der Waals surface area contributed by atoms with Gasteiger partial charge in [-0.1, -0.05) is 60.7 Å². The number of hydrogen-bond acceptors (Lipinski definition) is 5. The third-order valence-corrected chi connectivity index (χ3v) is 6.56. The molecule has 33 heavy (non-hydrogen) atoms. The number of carbonyl (C=O) groups is 2. The molecule has 3 N–H and O–H groups in total. The van der Waals surface area contributed by atoms with Gasteiger partial charge >= 0.3 is 6.09 Å². The van der Waals surface area contributed by atoms with Gasteiger partial charge in [-0.3, -0.25) is 4.79 Å². The second-order valence-corrected chi connectivity index (χ2v) is 8.56. The normalized spacial score (nSPS) is 16.0. The fourth-order valence-electron chi connectivity index (χ4n) is 4.81. The summed E-state index contributed by atoms with van der Waals surface area (Å²) in [6.07, 6.45) is -1.94. The molecule has 0 aromatic heterocycles. The Kier molecular flexibility index (Phi) is 5.70. The molecule has 1 amide bonds. The van der Waals surface area contributed by atoms with E-state index < -0.39 is 18.3 Å².